The molecule has 2 amide bonds. The van der Waals surface area contributed by atoms with Crippen LogP contribution in [0.3, 0.4) is 0 Å². The molecular weight excluding hydrogens is 224 g/mol. The van der Waals surface area contributed by atoms with Gasteiger partial charge in [-0.3, -0.25) is 0 Å². The summed E-state index contributed by atoms with van der Waals surface area (Å²) in [7, 11) is 0. The minimum atomic E-state index is -0.935. The van der Waals surface area contributed by atoms with Gasteiger partial charge in [0, 0.05) is 13.1 Å². The number of rotatable bonds is 2. The van der Waals surface area contributed by atoms with E-state index in [0.717, 1.165) is 19.3 Å². The van der Waals surface area contributed by atoms with Gasteiger partial charge in [-0.15, -0.1) is 0 Å². The summed E-state index contributed by atoms with van der Waals surface area (Å²) in [5.41, 5.74) is 0. The third-order valence-corrected chi connectivity index (χ3v) is 3.62. The number of carboxylic acid groups (broad SMARTS) is 1. The third kappa shape index (κ3) is 2.22. The first kappa shape index (κ1) is 12.2. The lowest BCUT2D eigenvalue weighted by molar-refractivity contribution is -0.141. The number of likely N-dealkylation sites (tertiary alicyclic amines) is 2. The van der Waals surface area contributed by atoms with Crippen LogP contribution in [0, 0.1) is 0 Å². The SMILES string of the molecule is O=C(O)[C@@H]1CCCN1C(=O)N1CCCC1CO. The van der Waals surface area contributed by atoms with Crippen LogP contribution in [0.2, 0.25) is 0 Å². The predicted molar refractivity (Wildman–Crippen MR) is 59.6 cm³/mol. The smallest absolute Gasteiger partial charge is 0.326 e. The molecule has 0 aromatic heterocycles. The summed E-state index contributed by atoms with van der Waals surface area (Å²) in [6.07, 6.45) is 2.94. The zero-order chi connectivity index (χ0) is 12.4. The highest BCUT2D eigenvalue weighted by Gasteiger charge is 2.39. The largest absolute Gasteiger partial charge is 0.480 e. The number of carbonyl (C=O) groups excluding carboxylic acids is 1. The van der Waals surface area contributed by atoms with Crippen LogP contribution in [0.15, 0.2) is 0 Å². The molecule has 2 rings (SSSR count). The lowest BCUT2D eigenvalue weighted by Crippen LogP contribution is -2.50. The molecular formula is C11H18N2O4. The van der Waals surface area contributed by atoms with E-state index in [-0.39, 0.29) is 18.7 Å². The molecule has 6 nitrogen and oxygen atoms in total. The second-order valence-corrected chi connectivity index (χ2v) is 4.64. The normalized spacial score (nSPS) is 28.8. The van der Waals surface area contributed by atoms with Crippen LogP contribution in [-0.2, 0) is 4.79 Å². The molecule has 0 aromatic rings. The summed E-state index contributed by atoms with van der Waals surface area (Å²) < 4.78 is 0. The van der Waals surface area contributed by atoms with Crippen LogP contribution >= 0.6 is 0 Å². The number of aliphatic carboxylic acids is 1. The molecule has 2 N–H and O–H groups in total. The number of hydrogen-bond acceptors (Lipinski definition) is 3. The third-order valence-electron chi connectivity index (χ3n) is 3.62. The van der Waals surface area contributed by atoms with Crippen molar-refractivity contribution in [1.29, 1.82) is 0 Å². The number of nitrogens with zero attached hydrogens (tertiary/aromatic N) is 2. The number of carbonyl (C=O) groups is 2. The monoisotopic (exact) mass is 242 g/mol. The van der Waals surface area contributed by atoms with Gasteiger partial charge in [0.15, 0.2) is 0 Å². The van der Waals surface area contributed by atoms with E-state index >= 15 is 0 Å². The summed E-state index contributed by atoms with van der Waals surface area (Å²) in [6, 6.07) is -1.06. The first-order chi connectivity index (χ1) is 8.15. The van der Waals surface area contributed by atoms with Gasteiger partial charge in [0.1, 0.15) is 6.04 Å². The van der Waals surface area contributed by atoms with E-state index in [0.29, 0.717) is 19.5 Å². The first-order valence-electron chi connectivity index (χ1n) is 6.06. The topological polar surface area (TPSA) is 81.1 Å². The minimum Gasteiger partial charge on any atom is -0.480 e. The summed E-state index contributed by atoms with van der Waals surface area (Å²) in [6.45, 7) is 1.08. The van der Waals surface area contributed by atoms with E-state index in [1.807, 2.05) is 0 Å². The predicted octanol–water partition coefficient (Wildman–Crippen LogP) is 0.112. The molecule has 0 aromatic carbocycles. The maximum absolute atomic E-state index is 12.2. The van der Waals surface area contributed by atoms with E-state index in [1.165, 1.54) is 4.90 Å². The van der Waals surface area contributed by atoms with Crippen molar-refractivity contribution < 1.29 is 19.8 Å². The summed E-state index contributed by atoms with van der Waals surface area (Å²) in [5, 5.41) is 18.2. The Morgan fingerprint density at radius 3 is 2.41 bits per heavy atom. The number of urea groups is 1. The zero-order valence-electron chi connectivity index (χ0n) is 9.71. The van der Waals surface area contributed by atoms with E-state index in [2.05, 4.69) is 0 Å². The zero-order valence-corrected chi connectivity index (χ0v) is 9.71. The van der Waals surface area contributed by atoms with Crippen molar-refractivity contribution in [3.05, 3.63) is 0 Å². The Hall–Kier alpha value is -1.30. The Kier molecular flexibility index (Phi) is 3.51. The summed E-state index contributed by atoms with van der Waals surface area (Å²) in [5.74, 6) is -0.935. The molecule has 2 saturated heterocycles. The molecule has 2 aliphatic rings. The van der Waals surface area contributed by atoms with Gasteiger partial charge >= 0.3 is 12.0 Å². The Balaban J connectivity index is 2.06. The van der Waals surface area contributed by atoms with Crippen LogP contribution in [0.5, 0.6) is 0 Å². The van der Waals surface area contributed by atoms with Crippen molar-refractivity contribution in [2.75, 3.05) is 19.7 Å². The molecule has 0 bridgehead atoms. The van der Waals surface area contributed by atoms with Gasteiger partial charge in [0.2, 0.25) is 0 Å². The average Bonchev–Trinajstić information content (AvgIpc) is 2.96. The number of aliphatic hydroxyl groups excluding tert-OH is 1. The fraction of sp³-hybridized carbons (Fsp3) is 0.818. The standard InChI is InChI=1S/C11H18N2O4/c14-7-8-3-1-5-12(8)11(17)13-6-2-4-9(13)10(15)16/h8-9,14H,1-7H2,(H,15,16)/t8?,9-/m0/s1. The molecule has 2 aliphatic heterocycles. The molecule has 17 heavy (non-hydrogen) atoms. The Morgan fingerprint density at radius 2 is 1.76 bits per heavy atom. The highest BCUT2D eigenvalue weighted by atomic mass is 16.4. The van der Waals surface area contributed by atoms with Crippen molar-refractivity contribution in [2.45, 2.75) is 37.8 Å². The van der Waals surface area contributed by atoms with Gasteiger partial charge < -0.3 is 20.0 Å². The molecule has 0 saturated carbocycles. The van der Waals surface area contributed by atoms with E-state index in [1.54, 1.807) is 4.90 Å². The van der Waals surface area contributed by atoms with Crippen LogP contribution in [-0.4, -0.2) is 63.8 Å². The highest BCUT2D eigenvalue weighted by molar-refractivity contribution is 5.83. The molecule has 0 radical (unpaired) electrons. The van der Waals surface area contributed by atoms with Crippen molar-refractivity contribution in [1.82, 2.24) is 9.80 Å². The van der Waals surface area contributed by atoms with Gasteiger partial charge in [-0.25, -0.2) is 9.59 Å². The van der Waals surface area contributed by atoms with Gasteiger partial charge in [-0.05, 0) is 25.7 Å². The second kappa shape index (κ2) is 4.91. The van der Waals surface area contributed by atoms with Gasteiger partial charge in [0.05, 0.1) is 12.6 Å². The first-order valence-corrected chi connectivity index (χ1v) is 6.06. The van der Waals surface area contributed by atoms with Crippen molar-refractivity contribution >= 4 is 12.0 Å². The molecule has 2 fully saturated rings. The summed E-state index contributed by atoms with van der Waals surface area (Å²) >= 11 is 0. The maximum atomic E-state index is 12.2. The van der Waals surface area contributed by atoms with Gasteiger partial charge in [-0.2, -0.15) is 0 Å². The molecule has 96 valence electrons. The number of hydrogen-bond donors (Lipinski definition) is 2. The molecule has 2 heterocycles. The van der Waals surface area contributed by atoms with Gasteiger partial charge in [0.25, 0.3) is 0 Å². The van der Waals surface area contributed by atoms with Crippen molar-refractivity contribution in [3.63, 3.8) is 0 Å². The summed E-state index contributed by atoms with van der Waals surface area (Å²) in [4.78, 5) is 26.3. The molecule has 2 atom stereocenters. The maximum Gasteiger partial charge on any atom is 0.326 e. The molecule has 1 unspecified atom stereocenters. The molecule has 0 aliphatic carbocycles. The Bertz CT molecular complexity index is 321. The number of amides is 2. The van der Waals surface area contributed by atoms with Crippen molar-refractivity contribution in [3.8, 4) is 0 Å². The van der Waals surface area contributed by atoms with E-state index in [4.69, 9.17) is 5.11 Å². The van der Waals surface area contributed by atoms with E-state index < -0.39 is 12.0 Å². The Labute approximate surface area is 99.8 Å². The minimum absolute atomic E-state index is 0.0443. The quantitative estimate of drug-likeness (QED) is 0.720. The fourth-order valence-electron chi connectivity index (χ4n) is 2.69. The second-order valence-electron chi connectivity index (χ2n) is 4.64. The number of aliphatic hydroxyl groups is 1. The molecule has 6 heteroatoms. The number of carboxylic acids is 1. The van der Waals surface area contributed by atoms with Crippen molar-refractivity contribution in [2.24, 2.45) is 0 Å². The molecule has 0 spiro atoms. The lowest BCUT2D eigenvalue weighted by atomic mass is 10.2. The van der Waals surface area contributed by atoms with Gasteiger partial charge in [-0.1, -0.05) is 0 Å². The van der Waals surface area contributed by atoms with Crippen LogP contribution in [0.25, 0.3) is 0 Å². The van der Waals surface area contributed by atoms with Crippen LogP contribution in [0.1, 0.15) is 25.7 Å². The lowest BCUT2D eigenvalue weighted by Gasteiger charge is -2.30. The highest BCUT2D eigenvalue weighted by Crippen LogP contribution is 2.24. The van der Waals surface area contributed by atoms with E-state index in [9.17, 15) is 14.7 Å². The average molecular weight is 242 g/mol. The fourth-order valence-corrected chi connectivity index (χ4v) is 2.69. The Morgan fingerprint density at radius 1 is 1.12 bits per heavy atom. The van der Waals surface area contributed by atoms with Crippen LogP contribution in [0.4, 0.5) is 4.79 Å². The van der Waals surface area contributed by atoms with Crippen LogP contribution < -0.4 is 0 Å².